The number of likely N-dealkylation sites (N-methyl/N-ethyl adjacent to an activating group) is 1. The maximum atomic E-state index is 13.2. The number of carbonyl (C=O) groups excluding carboxylic acids is 1. The van der Waals surface area contributed by atoms with Crippen LogP contribution in [0.25, 0.3) is 0 Å². The second-order valence-corrected chi connectivity index (χ2v) is 8.41. The van der Waals surface area contributed by atoms with Crippen LogP contribution in [0, 0.1) is 5.82 Å². The summed E-state index contributed by atoms with van der Waals surface area (Å²) in [4.78, 5) is 18.0. The molecule has 1 aliphatic carbocycles. The molecular weight excluding hydrogens is 381 g/mol. The maximum absolute atomic E-state index is 13.2. The molecular formula is C24H30FN3O2. The molecule has 6 heteroatoms. The number of piperazine rings is 1. The van der Waals surface area contributed by atoms with E-state index in [1.807, 2.05) is 24.3 Å². The summed E-state index contributed by atoms with van der Waals surface area (Å²) in [5.74, 6) is 1.15. The van der Waals surface area contributed by atoms with E-state index in [9.17, 15) is 9.18 Å². The Labute approximate surface area is 177 Å². The zero-order valence-electron chi connectivity index (χ0n) is 17.6. The summed E-state index contributed by atoms with van der Waals surface area (Å²) in [5, 5.41) is 3.19. The summed E-state index contributed by atoms with van der Waals surface area (Å²) in [6, 6.07) is 13.6. The molecule has 1 heterocycles. The fraction of sp³-hybridized carbons (Fsp3) is 0.458. The van der Waals surface area contributed by atoms with E-state index in [4.69, 9.17) is 4.74 Å². The predicted molar refractivity (Wildman–Crippen MR) is 115 cm³/mol. The minimum absolute atomic E-state index is 0.163. The number of carbonyl (C=O) groups is 1. The lowest BCUT2D eigenvalue weighted by Gasteiger charge is -2.44. The Hall–Kier alpha value is -2.44. The van der Waals surface area contributed by atoms with Gasteiger partial charge in [0.25, 0.3) is 0 Å². The first kappa shape index (κ1) is 20.8. The van der Waals surface area contributed by atoms with Gasteiger partial charge in [-0.3, -0.25) is 9.69 Å². The van der Waals surface area contributed by atoms with Gasteiger partial charge < -0.3 is 15.0 Å². The fourth-order valence-corrected chi connectivity index (χ4v) is 4.54. The van der Waals surface area contributed by atoms with Gasteiger partial charge in [0, 0.05) is 32.7 Å². The highest BCUT2D eigenvalue weighted by atomic mass is 19.1. The molecule has 2 aliphatic rings. The highest BCUT2D eigenvalue weighted by Gasteiger charge is 2.46. The predicted octanol–water partition coefficient (Wildman–Crippen LogP) is 3.79. The molecule has 0 radical (unpaired) electrons. The van der Waals surface area contributed by atoms with Crippen LogP contribution in [-0.2, 0) is 11.3 Å². The highest BCUT2D eigenvalue weighted by Crippen LogP contribution is 2.36. The van der Waals surface area contributed by atoms with Gasteiger partial charge in [0.05, 0.1) is 0 Å². The number of amides is 1. The Morgan fingerprint density at radius 3 is 2.13 bits per heavy atom. The van der Waals surface area contributed by atoms with Crippen molar-refractivity contribution in [3.8, 4) is 11.5 Å². The molecule has 1 amide bonds. The molecule has 2 fully saturated rings. The summed E-state index contributed by atoms with van der Waals surface area (Å²) in [6.07, 6.45) is 4.14. The van der Waals surface area contributed by atoms with E-state index in [1.54, 1.807) is 12.1 Å². The van der Waals surface area contributed by atoms with Crippen LogP contribution in [0.15, 0.2) is 48.5 Å². The summed E-state index contributed by atoms with van der Waals surface area (Å²) >= 11 is 0. The first-order valence-electron chi connectivity index (χ1n) is 10.8. The van der Waals surface area contributed by atoms with Gasteiger partial charge in [-0.25, -0.2) is 4.39 Å². The fourth-order valence-electron chi connectivity index (χ4n) is 4.54. The van der Waals surface area contributed by atoms with Gasteiger partial charge in [-0.05, 0) is 61.9 Å². The Bertz CT molecular complexity index is 840. The van der Waals surface area contributed by atoms with Crippen LogP contribution in [-0.4, -0.2) is 54.5 Å². The molecule has 2 aromatic rings. The van der Waals surface area contributed by atoms with Crippen molar-refractivity contribution in [2.24, 2.45) is 0 Å². The summed E-state index contributed by atoms with van der Waals surface area (Å²) in [6.45, 7) is 4.46. The number of ether oxygens (including phenoxy) is 1. The molecule has 5 nitrogen and oxygen atoms in total. The van der Waals surface area contributed by atoms with Gasteiger partial charge in [-0.15, -0.1) is 0 Å². The van der Waals surface area contributed by atoms with Crippen LogP contribution in [0.1, 0.15) is 31.2 Å². The van der Waals surface area contributed by atoms with Crippen LogP contribution in [0.5, 0.6) is 11.5 Å². The van der Waals surface area contributed by atoms with Gasteiger partial charge in [0.1, 0.15) is 22.9 Å². The molecule has 4 rings (SSSR count). The molecule has 0 atom stereocenters. The van der Waals surface area contributed by atoms with Crippen molar-refractivity contribution in [1.29, 1.82) is 0 Å². The number of hydrogen-bond donors (Lipinski definition) is 1. The molecule has 0 spiro atoms. The minimum Gasteiger partial charge on any atom is -0.457 e. The van der Waals surface area contributed by atoms with Crippen LogP contribution >= 0.6 is 0 Å². The number of benzene rings is 2. The molecule has 0 aromatic heterocycles. The van der Waals surface area contributed by atoms with Crippen molar-refractivity contribution < 1.29 is 13.9 Å². The highest BCUT2D eigenvalue weighted by molar-refractivity contribution is 5.86. The first-order valence-corrected chi connectivity index (χ1v) is 10.8. The Morgan fingerprint density at radius 1 is 0.967 bits per heavy atom. The van der Waals surface area contributed by atoms with Crippen LogP contribution < -0.4 is 10.1 Å². The van der Waals surface area contributed by atoms with Crippen molar-refractivity contribution in [3.63, 3.8) is 0 Å². The van der Waals surface area contributed by atoms with E-state index in [0.29, 0.717) is 18.0 Å². The van der Waals surface area contributed by atoms with E-state index in [2.05, 4.69) is 22.2 Å². The van der Waals surface area contributed by atoms with Crippen molar-refractivity contribution in [2.75, 3.05) is 33.2 Å². The molecule has 30 heavy (non-hydrogen) atoms. The molecule has 2 aromatic carbocycles. The normalized spacial score (nSPS) is 19.5. The second kappa shape index (κ2) is 9.14. The quantitative estimate of drug-likeness (QED) is 0.786. The van der Waals surface area contributed by atoms with Gasteiger partial charge in [-0.1, -0.05) is 25.0 Å². The number of halogens is 1. The topological polar surface area (TPSA) is 44.8 Å². The minimum atomic E-state index is -0.340. The monoisotopic (exact) mass is 411 g/mol. The third kappa shape index (κ3) is 4.65. The van der Waals surface area contributed by atoms with Gasteiger partial charge >= 0.3 is 0 Å². The number of hydrogen-bond acceptors (Lipinski definition) is 4. The number of nitrogens with zero attached hydrogens (tertiary/aromatic N) is 2. The van der Waals surface area contributed by atoms with Crippen molar-refractivity contribution >= 4 is 5.91 Å². The zero-order chi connectivity index (χ0) is 21.0. The van der Waals surface area contributed by atoms with Gasteiger partial charge in [0.15, 0.2) is 0 Å². The zero-order valence-corrected chi connectivity index (χ0v) is 17.6. The lowest BCUT2D eigenvalue weighted by molar-refractivity contribution is -0.135. The molecule has 0 bridgehead atoms. The molecule has 1 saturated heterocycles. The smallest absolute Gasteiger partial charge is 0.240 e. The van der Waals surface area contributed by atoms with Gasteiger partial charge in [0.2, 0.25) is 5.91 Å². The van der Waals surface area contributed by atoms with Crippen molar-refractivity contribution in [2.45, 2.75) is 37.8 Å². The van der Waals surface area contributed by atoms with E-state index in [1.165, 1.54) is 12.1 Å². The summed E-state index contributed by atoms with van der Waals surface area (Å²) in [7, 11) is 2.14. The first-order chi connectivity index (χ1) is 14.5. The molecule has 0 unspecified atom stereocenters. The van der Waals surface area contributed by atoms with Crippen molar-refractivity contribution in [1.82, 2.24) is 15.1 Å². The Kier molecular flexibility index (Phi) is 6.35. The lowest BCUT2D eigenvalue weighted by atomic mass is 9.92. The van der Waals surface area contributed by atoms with E-state index >= 15 is 0 Å². The van der Waals surface area contributed by atoms with Crippen LogP contribution in [0.4, 0.5) is 4.39 Å². The molecule has 1 aliphatic heterocycles. The Balaban J connectivity index is 1.35. The van der Waals surface area contributed by atoms with Crippen LogP contribution in [0.2, 0.25) is 0 Å². The Morgan fingerprint density at radius 2 is 1.53 bits per heavy atom. The molecule has 1 N–H and O–H groups in total. The average Bonchev–Trinajstić information content (AvgIpc) is 3.26. The van der Waals surface area contributed by atoms with E-state index in [-0.39, 0.29) is 17.3 Å². The van der Waals surface area contributed by atoms with E-state index < -0.39 is 0 Å². The molecule has 1 saturated carbocycles. The standard InChI is InChI=1S/C24H30FN3O2/c1-27-14-16-28(17-15-27)24(12-2-3-13-24)23(29)26-18-19-4-8-21(9-5-19)30-22-10-6-20(25)7-11-22/h4-11H,2-3,12-18H2,1H3,(H,26,29). The second-order valence-electron chi connectivity index (χ2n) is 8.41. The van der Waals surface area contributed by atoms with Crippen LogP contribution in [0.3, 0.4) is 0 Å². The average molecular weight is 412 g/mol. The lowest BCUT2D eigenvalue weighted by Crippen LogP contribution is -2.61. The summed E-state index contributed by atoms with van der Waals surface area (Å²) < 4.78 is 18.7. The van der Waals surface area contributed by atoms with Gasteiger partial charge in [-0.2, -0.15) is 0 Å². The number of nitrogens with one attached hydrogen (secondary N) is 1. The number of rotatable bonds is 6. The SMILES string of the molecule is CN1CCN(C2(C(=O)NCc3ccc(Oc4ccc(F)cc4)cc3)CCCC2)CC1. The van der Waals surface area contributed by atoms with E-state index in [0.717, 1.165) is 57.4 Å². The molecule has 160 valence electrons. The van der Waals surface area contributed by atoms with Crippen molar-refractivity contribution in [3.05, 3.63) is 59.9 Å². The summed E-state index contributed by atoms with van der Waals surface area (Å²) in [5.41, 5.74) is 0.689. The maximum Gasteiger partial charge on any atom is 0.240 e. The largest absolute Gasteiger partial charge is 0.457 e. The third-order valence-corrected chi connectivity index (χ3v) is 6.39. The third-order valence-electron chi connectivity index (χ3n) is 6.39.